The normalized spacial score (nSPS) is 13.1. The molecule has 4 nitrogen and oxygen atoms in total. The average Bonchev–Trinajstić information content (AvgIpc) is 2.42. The topological polar surface area (TPSA) is 72.2 Å². The molecule has 1 unspecified atom stereocenters. The second kappa shape index (κ2) is 6.36. The Morgan fingerprint density at radius 2 is 1.81 bits per heavy atom. The van der Waals surface area contributed by atoms with Crippen LogP contribution in [0.15, 0.2) is 51.8 Å². The molecule has 2 aromatic carbocycles. The first-order valence-electron chi connectivity index (χ1n) is 6.12. The first-order chi connectivity index (χ1) is 9.79. The smallest absolute Gasteiger partial charge is 0.241 e. The summed E-state index contributed by atoms with van der Waals surface area (Å²) in [6.45, 7) is 1.77. The quantitative estimate of drug-likeness (QED) is 0.783. The number of nitrogens with one attached hydrogen (secondary N) is 1. The molecule has 0 radical (unpaired) electrons. The van der Waals surface area contributed by atoms with Crippen LogP contribution in [0.3, 0.4) is 0 Å². The number of rotatable bonds is 4. The molecule has 0 amide bonds. The fraction of sp³-hybridized carbons (Fsp3) is 0.143. The van der Waals surface area contributed by atoms with Crippen LogP contribution in [-0.4, -0.2) is 8.42 Å². The molecule has 0 spiro atoms. The van der Waals surface area contributed by atoms with Crippen LogP contribution >= 0.6 is 27.5 Å². The molecule has 2 rings (SSSR count). The zero-order valence-electron chi connectivity index (χ0n) is 11.2. The predicted molar refractivity (Wildman–Crippen MR) is 88.7 cm³/mol. The summed E-state index contributed by atoms with van der Waals surface area (Å²) in [5, 5.41) is 0.459. The molecule has 21 heavy (non-hydrogen) atoms. The Balaban J connectivity index is 2.24. The van der Waals surface area contributed by atoms with E-state index in [9.17, 15) is 8.42 Å². The third-order valence-corrected chi connectivity index (χ3v) is 5.72. The lowest BCUT2D eigenvalue weighted by Gasteiger charge is -2.15. The van der Waals surface area contributed by atoms with Gasteiger partial charge < -0.3 is 5.73 Å². The Morgan fingerprint density at radius 3 is 2.38 bits per heavy atom. The molecule has 0 aromatic heterocycles. The van der Waals surface area contributed by atoms with Crippen LogP contribution in [0.2, 0.25) is 5.02 Å². The minimum Gasteiger partial charge on any atom is -0.399 e. The van der Waals surface area contributed by atoms with E-state index in [0.717, 1.165) is 5.56 Å². The molecular weight excluding hydrogens is 376 g/mol. The van der Waals surface area contributed by atoms with Gasteiger partial charge in [-0.1, -0.05) is 23.7 Å². The molecule has 0 saturated heterocycles. The van der Waals surface area contributed by atoms with Crippen LogP contribution < -0.4 is 10.5 Å². The van der Waals surface area contributed by atoms with Gasteiger partial charge in [0.1, 0.15) is 0 Å². The van der Waals surface area contributed by atoms with Gasteiger partial charge in [-0.15, -0.1) is 0 Å². The predicted octanol–water partition coefficient (Wildman–Crippen LogP) is 3.72. The van der Waals surface area contributed by atoms with Crippen molar-refractivity contribution in [2.24, 2.45) is 0 Å². The summed E-state index contributed by atoms with van der Waals surface area (Å²) in [5.41, 5.74) is 7.09. The van der Waals surface area contributed by atoms with Crippen molar-refractivity contribution in [3.05, 3.63) is 57.5 Å². The van der Waals surface area contributed by atoms with E-state index in [2.05, 4.69) is 20.7 Å². The molecule has 112 valence electrons. The van der Waals surface area contributed by atoms with Crippen LogP contribution in [0.4, 0.5) is 5.69 Å². The van der Waals surface area contributed by atoms with E-state index in [4.69, 9.17) is 17.3 Å². The van der Waals surface area contributed by atoms with Gasteiger partial charge >= 0.3 is 0 Å². The van der Waals surface area contributed by atoms with Crippen molar-refractivity contribution < 1.29 is 8.42 Å². The molecule has 0 saturated carbocycles. The summed E-state index contributed by atoms with van der Waals surface area (Å²) in [6.07, 6.45) is 0. The molecule has 0 fully saturated rings. The van der Waals surface area contributed by atoms with Gasteiger partial charge in [0.25, 0.3) is 0 Å². The van der Waals surface area contributed by atoms with Crippen LogP contribution in [-0.2, 0) is 10.0 Å². The van der Waals surface area contributed by atoms with Gasteiger partial charge in [-0.3, -0.25) is 0 Å². The Morgan fingerprint density at radius 1 is 1.19 bits per heavy atom. The molecule has 7 heteroatoms. The third-order valence-electron chi connectivity index (χ3n) is 2.97. The number of benzene rings is 2. The molecular formula is C14H14BrClN2O2S. The Bertz CT molecular complexity index is 748. The van der Waals surface area contributed by atoms with E-state index >= 15 is 0 Å². The van der Waals surface area contributed by atoms with Gasteiger partial charge in [0, 0.05) is 16.2 Å². The lowest BCUT2D eigenvalue weighted by Crippen LogP contribution is -2.26. The maximum absolute atomic E-state index is 12.3. The van der Waals surface area contributed by atoms with E-state index in [1.807, 2.05) is 0 Å². The van der Waals surface area contributed by atoms with Gasteiger partial charge in [0.15, 0.2) is 0 Å². The number of sulfonamides is 1. The van der Waals surface area contributed by atoms with Crippen molar-refractivity contribution in [2.45, 2.75) is 17.9 Å². The number of nitrogen functional groups attached to an aromatic ring is 1. The zero-order chi connectivity index (χ0) is 15.6. The number of nitrogens with two attached hydrogens (primary N) is 1. The van der Waals surface area contributed by atoms with Crippen molar-refractivity contribution in [1.29, 1.82) is 0 Å². The molecule has 0 aliphatic carbocycles. The second-order valence-electron chi connectivity index (χ2n) is 4.59. The third kappa shape index (κ3) is 3.97. The van der Waals surface area contributed by atoms with Crippen LogP contribution in [0, 0.1) is 0 Å². The van der Waals surface area contributed by atoms with Crippen molar-refractivity contribution in [3.63, 3.8) is 0 Å². The van der Waals surface area contributed by atoms with Crippen molar-refractivity contribution >= 4 is 43.2 Å². The summed E-state index contributed by atoms with van der Waals surface area (Å²) in [6, 6.07) is 11.2. The minimum absolute atomic E-state index is 0.154. The van der Waals surface area contributed by atoms with Crippen molar-refractivity contribution in [3.8, 4) is 0 Å². The highest BCUT2D eigenvalue weighted by Crippen LogP contribution is 2.26. The Kier molecular flexibility index (Phi) is 4.93. The lowest BCUT2D eigenvalue weighted by atomic mass is 10.1. The maximum Gasteiger partial charge on any atom is 0.241 e. The number of anilines is 1. The highest BCUT2D eigenvalue weighted by atomic mass is 79.9. The van der Waals surface area contributed by atoms with Crippen molar-refractivity contribution in [1.82, 2.24) is 4.72 Å². The van der Waals surface area contributed by atoms with Crippen LogP contribution in [0.5, 0.6) is 0 Å². The fourth-order valence-corrected chi connectivity index (χ4v) is 3.70. The highest BCUT2D eigenvalue weighted by molar-refractivity contribution is 9.10. The first kappa shape index (κ1) is 16.3. The lowest BCUT2D eigenvalue weighted by molar-refractivity contribution is 0.567. The van der Waals surface area contributed by atoms with E-state index in [1.165, 1.54) is 18.2 Å². The number of halogens is 2. The van der Waals surface area contributed by atoms with Crippen LogP contribution in [0.25, 0.3) is 0 Å². The van der Waals surface area contributed by atoms with Gasteiger partial charge in [-0.2, -0.15) is 0 Å². The second-order valence-corrected chi connectivity index (χ2v) is 7.56. The molecule has 0 bridgehead atoms. The summed E-state index contributed by atoms with van der Waals surface area (Å²) in [7, 11) is -3.63. The molecule has 0 aliphatic heterocycles. The highest BCUT2D eigenvalue weighted by Gasteiger charge is 2.19. The average molecular weight is 390 g/mol. The van der Waals surface area contributed by atoms with Gasteiger partial charge in [-0.05, 0) is 58.7 Å². The zero-order valence-corrected chi connectivity index (χ0v) is 14.3. The first-order valence-corrected chi connectivity index (χ1v) is 8.78. The number of hydrogen-bond acceptors (Lipinski definition) is 3. The summed E-state index contributed by atoms with van der Waals surface area (Å²) in [5.74, 6) is 0. The molecule has 0 heterocycles. The van der Waals surface area contributed by atoms with E-state index < -0.39 is 10.0 Å². The fourth-order valence-electron chi connectivity index (χ4n) is 1.80. The summed E-state index contributed by atoms with van der Waals surface area (Å²) in [4.78, 5) is 0.154. The summed E-state index contributed by atoms with van der Waals surface area (Å²) >= 11 is 9.09. The molecule has 0 aliphatic rings. The minimum atomic E-state index is -3.63. The molecule has 2 aromatic rings. The summed E-state index contributed by atoms with van der Waals surface area (Å²) < 4.78 is 27.9. The van der Waals surface area contributed by atoms with Crippen LogP contribution in [0.1, 0.15) is 18.5 Å². The largest absolute Gasteiger partial charge is 0.399 e. The van der Waals surface area contributed by atoms with Gasteiger partial charge in [-0.25, -0.2) is 13.1 Å². The monoisotopic (exact) mass is 388 g/mol. The molecule has 1 atom stereocenters. The van der Waals surface area contributed by atoms with Crippen molar-refractivity contribution in [2.75, 3.05) is 5.73 Å². The van der Waals surface area contributed by atoms with E-state index in [1.54, 1.807) is 31.2 Å². The molecule has 3 N–H and O–H groups in total. The maximum atomic E-state index is 12.3. The standard InChI is InChI=1S/C14H14BrClN2O2S/c1-9(10-2-4-11(17)5-3-10)18-21(19,20)12-6-7-14(16)13(15)8-12/h2-9,18H,17H2,1H3. The van der Waals surface area contributed by atoms with Gasteiger partial charge in [0.05, 0.1) is 9.92 Å². The van der Waals surface area contributed by atoms with E-state index in [0.29, 0.717) is 15.2 Å². The Hall–Kier alpha value is -1.08. The number of hydrogen-bond donors (Lipinski definition) is 2. The Labute approximate surface area is 137 Å². The van der Waals surface area contributed by atoms with Gasteiger partial charge in [0.2, 0.25) is 10.0 Å². The SMILES string of the molecule is CC(NS(=O)(=O)c1ccc(Cl)c(Br)c1)c1ccc(N)cc1. The van der Waals surface area contributed by atoms with E-state index in [-0.39, 0.29) is 10.9 Å².